The summed E-state index contributed by atoms with van der Waals surface area (Å²) in [6, 6.07) is 0.500. The monoisotopic (exact) mass is 630 g/mol. The van der Waals surface area contributed by atoms with Crippen molar-refractivity contribution in [2.75, 3.05) is 53.4 Å². The van der Waals surface area contributed by atoms with E-state index >= 15 is 0 Å². The van der Waals surface area contributed by atoms with Gasteiger partial charge in [-0.15, -0.1) is 0 Å². The van der Waals surface area contributed by atoms with Gasteiger partial charge in [-0.3, -0.25) is 24.2 Å². The van der Waals surface area contributed by atoms with Crippen molar-refractivity contribution in [2.24, 2.45) is 34.5 Å². The van der Waals surface area contributed by atoms with Crippen LogP contribution in [0.25, 0.3) is 0 Å². The Kier molecular flexibility index (Phi) is 9.14. The molecule has 0 radical (unpaired) electrons. The number of carbonyl (C=O) groups excluding carboxylic acids is 3. The Balaban J connectivity index is 1.23. The van der Waals surface area contributed by atoms with Crippen molar-refractivity contribution in [1.29, 1.82) is 0 Å². The van der Waals surface area contributed by atoms with Gasteiger partial charge < -0.3 is 18.7 Å². The third kappa shape index (κ3) is 6.31. The number of fused-ring (bicyclic) bond motifs is 5. The summed E-state index contributed by atoms with van der Waals surface area (Å²) in [5.74, 6) is 1.84. The number of likely N-dealkylation sites (N-methyl/N-ethyl adjacent to an activating group) is 1. The van der Waals surface area contributed by atoms with Crippen molar-refractivity contribution in [3.8, 4) is 0 Å². The summed E-state index contributed by atoms with van der Waals surface area (Å²) in [4.78, 5) is 41.6. The molecule has 45 heavy (non-hydrogen) atoms. The minimum atomic E-state index is -0.204. The van der Waals surface area contributed by atoms with Gasteiger partial charge in [-0.1, -0.05) is 13.8 Å². The second-order valence-electron chi connectivity index (χ2n) is 17.0. The molecule has 254 valence electrons. The quantitative estimate of drug-likeness (QED) is 0.253. The van der Waals surface area contributed by atoms with Gasteiger partial charge in [0.05, 0.1) is 27.2 Å². The molecule has 0 unspecified atom stereocenters. The average Bonchev–Trinajstić information content (AvgIpc) is 3.24. The molecule has 6 aliphatic rings. The van der Waals surface area contributed by atoms with E-state index < -0.39 is 0 Å². The highest BCUT2D eigenvalue weighted by atomic mass is 16.6. The highest BCUT2D eigenvalue weighted by Gasteiger charge is 2.65. The molecule has 0 aromatic carbocycles. The van der Waals surface area contributed by atoms with Gasteiger partial charge in [0.2, 0.25) is 0 Å². The fourth-order valence-electron chi connectivity index (χ4n) is 11.6. The summed E-state index contributed by atoms with van der Waals surface area (Å²) in [6.45, 7) is 15.8. The van der Waals surface area contributed by atoms with Gasteiger partial charge in [0.25, 0.3) is 0 Å². The molecule has 9 nitrogen and oxygen atoms in total. The highest BCUT2D eigenvalue weighted by molar-refractivity contribution is 5.67. The van der Waals surface area contributed by atoms with Gasteiger partial charge in [-0.2, -0.15) is 0 Å². The maximum absolute atomic E-state index is 12.5. The lowest BCUT2D eigenvalue weighted by Crippen LogP contribution is -2.61. The van der Waals surface area contributed by atoms with E-state index in [4.69, 9.17) is 14.2 Å². The van der Waals surface area contributed by atoms with Gasteiger partial charge in [0.1, 0.15) is 18.3 Å². The number of carbonyl (C=O) groups is 3. The van der Waals surface area contributed by atoms with Crippen LogP contribution in [0, 0.1) is 34.5 Å². The lowest BCUT2D eigenvalue weighted by molar-refractivity contribution is -0.894. The van der Waals surface area contributed by atoms with Crippen LogP contribution >= 0.6 is 0 Å². The standard InChI is InChI=1S/C36H60N3O6/c1-23(40)43-27-11-14-37(15-12-27)32-22-36(5)26(20-33(32)44-24(2)41)8-9-28-29(36)10-13-35(4)30(28)21-31(34(35)45-25(3)42)38-16-18-39(6,7)19-17-38/h26-34H,8-22H2,1-7H3/q+1/t26-,28+,29-,30-,31-,32-,33-,34-,35-,36-/m0/s1. The van der Waals surface area contributed by atoms with Crippen molar-refractivity contribution in [1.82, 2.24) is 9.80 Å². The molecule has 4 saturated carbocycles. The first-order valence-corrected chi connectivity index (χ1v) is 18.0. The van der Waals surface area contributed by atoms with E-state index in [1.807, 2.05) is 0 Å². The van der Waals surface area contributed by atoms with Crippen LogP contribution in [0.3, 0.4) is 0 Å². The summed E-state index contributed by atoms with van der Waals surface area (Å²) < 4.78 is 19.0. The molecule has 2 saturated heterocycles. The lowest BCUT2D eigenvalue weighted by atomic mass is 9.44. The number of quaternary nitrogens is 1. The number of hydrogen-bond acceptors (Lipinski definition) is 8. The van der Waals surface area contributed by atoms with Crippen molar-refractivity contribution < 1.29 is 33.1 Å². The lowest BCUT2D eigenvalue weighted by Gasteiger charge is -2.62. The van der Waals surface area contributed by atoms with Crippen LogP contribution in [0.1, 0.15) is 92.4 Å². The van der Waals surface area contributed by atoms with E-state index in [0.29, 0.717) is 29.7 Å². The Labute approximate surface area is 271 Å². The Hall–Kier alpha value is -1.71. The number of piperazine rings is 1. The molecule has 0 aromatic rings. The Bertz CT molecular complexity index is 1130. The Morgan fingerprint density at radius 1 is 0.689 bits per heavy atom. The minimum absolute atomic E-state index is 0.00939. The van der Waals surface area contributed by atoms with Crippen LogP contribution < -0.4 is 0 Å². The summed E-state index contributed by atoms with van der Waals surface area (Å²) in [5, 5.41) is 0. The van der Waals surface area contributed by atoms with Gasteiger partial charge in [0.15, 0.2) is 0 Å². The number of likely N-dealkylation sites (tertiary alicyclic amines) is 1. The fourth-order valence-corrected chi connectivity index (χ4v) is 11.6. The summed E-state index contributed by atoms with van der Waals surface area (Å²) in [6.07, 6.45) is 9.35. The molecule has 2 aliphatic heterocycles. The first-order valence-electron chi connectivity index (χ1n) is 18.0. The Morgan fingerprint density at radius 2 is 1.31 bits per heavy atom. The number of nitrogens with zero attached hydrogens (tertiary/aromatic N) is 3. The first kappa shape index (κ1) is 33.2. The first-order chi connectivity index (χ1) is 21.2. The number of hydrogen-bond donors (Lipinski definition) is 0. The zero-order valence-electron chi connectivity index (χ0n) is 29.1. The molecular weight excluding hydrogens is 570 g/mol. The van der Waals surface area contributed by atoms with E-state index in [-0.39, 0.29) is 53.1 Å². The van der Waals surface area contributed by atoms with Crippen molar-refractivity contribution in [2.45, 2.75) is 123 Å². The van der Waals surface area contributed by atoms with Gasteiger partial charge >= 0.3 is 17.9 Å². The normalized spacial score (nSPS) is 43.8. The zero-order chi connectivity index (χ0) is 32.3. The number of rotatable bonds is 5. The summed E-state index contributed by atoms with van der Waals surface area (Å²) in [7, 11) is 4.65. The Morgan fingerprint density at radius 3 is 1.93 bits per heavy atom. The SMILES string of the molecule is CC(=O)OC1CCN([C@H]2C[C@@]3(C)[C@@H](CC[C@@H]4[C@@H]3CC[C@@]3(C)[C@H]4C[C@H](N4CC[N+](C)(C)CC4)[C@@H]3OC(C)=O)C[C@@H]2OC(C)=O)CC1. The molecule has 6 rings (SSSR count). The highest BCUT2D eigenvalue weighted by Crippen LogP contribution is 2.67. The van der Waals surface area contributed by atoms with Crippen LogP contribution in [-0.4, -0.2) is 116 Å². The molecule has 4 aliphatic carbocycles. The zero-order valence-corrected chi connectivity index (χ0v) is 29.1. The van der Waals surface area contributed by atoms with E-state index in [9.17, 15) is 14.4 Å². The number of piperidine rings is 1. The fraction of sp³-hybridized carbons (Fsp3) is 0.917. The van der Waals surface area contributed by atoms with Crippen LogP contribution in [0.4, 0.5) is 0 Å². The number of esters is 3. The molecule has 10 atom stereocenters. The third-order valence-corrected chi connectivity index (χ3v) is 13.9. The van der Waals surface area contributed by atoms with Crippen LogP contribution in [0.2, 0.25) is 0 Å². The second kappa shape index (κ2) is 12.4. The summed E-state index contributed by atoms with van der Waals surface area (Å²) in [5.41, 5.74) is 0.190. The third-order valence-electron chi connectivity index (χ3n) is 13.9. The van der Waals surface area contributed by atoms with Gasteiger partial charge in [-0.05, 0) is 86.9 Å². The van der Waals surface area contributed by atoms with Crippen LogP contribution in [0.5, 0.6) is 0 Å². The summed E-state index contributed by atoms with van der Waals surface area (Å²) >= 11 is 0. The number of ether oxygens (including phenoxy) is 3. The molecule has 0 N–H and O–H groups in total. The molecule has 0 spiro atoms. The molecule has 2 heterocycles. The van der Waals surface area contributed by atoms with Gasteiger partial charge in [0, 0.05) is 64.4 Å². The molecule has 6 fully saturated rings. The smallest absolute Gasteiger partial charge is 0.302 e. The van der Waals surface area contributed by atoms with E-state index in [2.05, 4.69) is 37.7 Å². The molecule has 0 bridgehead atoms. The maximum Gasteiger partial charge on any atom is 0.302 e. The topological polar surface area (TPSA) is 85.4 Å². The van der Waals surface area contributed by atoms with E-state index in [1.54, 1.807) is 13.8 Å². The average molecular weight is 631 g/mol. The second-order valence-corrected chi connectivity index (χ2v) is 17.0. The van der Waals surface area contributed by atoms with Crippen molar-refractivity contribution in [3.05, 3.63) is 0 Å². The van der Waals surface area contributed by atoms with Crippen molar-refractivity contribution in [3.63, 3.8) is 0 Å². The predicted molar refractivity (Wildman–Crippen MR) is 171 cm³/mol. The molecule has 0 amide bonds. The van der Waals surface area contributed by atoms with Crippen LogP contribution in [0.15, 0.2) is 0 Å². The minimum Gasteiger partial charge on any atom is -0.462 e. The van der Waals surface area contributed by atoms with E-state index in [0.717, 1.165) is 82.3 Å². The van der Waals surface area contributed by atoms with Crippen LogP contribution in [-0.2, 0) is 28.6 Å². The van der Waals surface area contributed by atoms with E-state index in [1.165, 1.54) is 26.2 Å². The van der Waals surface area contributed by atoms with Crippen molar-refractivity contribution >= 4 is 17.9 Å². The van der Waals surface area contributed by atoms with Gasteiger partial charge in [-0.25, -0.2) is 0 Å². The predicted octanol–water partition coefficient (Wildman–Crippen LogP) is 4.27. The maximum atomic E-state index is 12.5. The molecule has 9 heteroatoms. The molecular formula is C36H60N3O6+. The molecule has 0 aromatic heterocycles. The largest absolute Gasteiger partial charge is 0.462 e.